The van der Waals surface area contributed by atoms with Gasteiger partial charge in [-0.2, -0.15) is 0 Å². The maximum atomic E-state index is 13.6. The highest BCUT2D eigenvalue weighted by molar-refractivity contribution is 6.30. The van der Waals surface area contributed by atoms with Crippen LogP contribution < -0.4 is 5.73 Å². The summed E-state index contributed by atoms with van der Waals surface area (Å²) >= 11 is 5.64. The Kier molecular flexibility index (Phi) is 3.26. The average Bonchev–Trinajstić information content (AvgIpc) is 2.29. The third-order valence-corrected chi connectivity index (χ3v) is 2.66. The van der Waals surface area contributed by atoms with Crippen molar-refractivity contribution >= 4 is 17.4 Å². The molecule has 0 bridgehead atoms. The van der Waals surface area contributed by atoms with Crippen LogP contribution in [-0.2, 0) is 0 Å². The quantitative estimate of drug-likeness (QED) is 0.864. The number of aliphatic hydroxyl groups is 1. The molecule has 0 aliphatic rings. The van der Waals surface area contributed by atoms with Crippen molar-refractivity contribution in [2.24, 2.45) is 0 Å². The molecule has 0 aliphatic carbocycles. The average molecular weight is 253 g/mol. The fourth-order valence-electron chi connectivity index (χ4n) is 1.55. The Morgan fingerprint density at radius 1 is 1.29 bits per heavy atom. The van der Waals surface area contributed by atoms with E-state index in [1.54, 1.807) is 12.1 Å². The summed E-state index contributed by atoms with van der Waals surface area (Å²) in [5.74, 6) is -0.400. The molecule has 0 fully saturated rings. The highest BCUT2D eigenvalue weighted by Crippen LogP contribution is 2.28. The monoisotopic (exact) mass is 252 g/mol. The number of hydrogen-bond acceptors (Lipinski definition) is 3. The topological polar surface area (TPSA) is 59.1 Å². The molecule has 2 aromatic rings. The Labute approximate surface area is 103 Å². The molecule has 3 nitrogen and oxygen atoms in total. The molecule has 3 N–H and O–H groups in total. The standard InChI is InChI=1S/C12H10ClFN2O/c13-7-3-4-8(10(14)6-7)11(17)9-2-1-5-16-12(9)15/h1-6,11,17H,(H2,15,16). The summed E-state index contributed by atoms with van der Waals surface area (Å²) in [5, 5.41) is 10.3. The minimum absolute atomic E-state index is 0.120. The van der Waals surface area contributed by atoms with Gasteiger partial charge in [-0.15, -0.1) is 0 Å². The molecular formula is C12H10ClFN2O. The van der Waals surface area contributed by atoms with E-state index in [9.17, 15) is 9.50 Å². The normalized spacial score (nSPS) is 12.4. The van der Waals surface area contributed by atoms with Crippen molar-refractivity contribution in [3.8, 4) is 0 Å². The van der Waals surface area contributed by atoms with E-state index in [1.165, 1.54) is 18.3 Å². The van der Waals surface area contributed by atoms with Gasteiger partial charge in [-0.25, -0.2) is 9.37 Å². The fourth-order valence-corrected chi connectivity index (χ4v) is 1.71. The number of nitrogen functional groups attached to an aromatic ring is 1. The first kappa shape index (κ1) is 11.8. The second kappa shape index (κ2) is 4.69. The van der Waals surface area contributed by atoms with Gasteiger partial charge in [0.2, 0.25) is 0 Å². The molecule has 0 amide bonds. The van der Waals surface area contributed by atoms with Crippen LogP contribution in [0.2, 0.25) is 5.02 Å². The van der Waals surface area contributed by atoms with Crippen LogP contribution in [-0.4, -0.2) is 10.1 Å². The Balaban J connectivity index is 2.44. The van der Waals surface area contributed by atoms with Crippen LogP contribution in [0.3, 0.4) is 0 Å². The molecule has 17 heavy (non-hydrogen) atoms. The molecule has 88 valence electrons. The lowest BCUT2D eigenvalue weighted by atomic mass is 10.0. The van der Waals surface area contributed by atoms with Crippen LogP contribution in [0.1, 0.15) is 17.2 Å². The molecule has 1 atom stereocenters. The van der Waals surface area contributed by atoms with E-state index in [1.807, 2.05) is 0 Å². The van der Waals surface area contributed by atoms with Crippen LogP contribution >= 0.6 is 11.6 Å². The highest BCUT2D eigenvalue weighted by atomic mass is 35.5. The predicted molar refractivity (Wildman–Crippen MR) is 64.1 cm³/mol. The van der Waals surface area contributed by atoms with Gasteiger partial charge in [0.05, 0.1) is 0 Å². The molecule has 0 saturated heterocycles. The molecule has 1 heterocycles. The maximum absolute atomic E-state index is 13.6. The van der Waals surface area contributed by atoms with E-state index < -0.39 is 11.9 Å². The minimum Gasteiger partial charge on any atom is -0.383 e. The zero-order chi connectivity index (χ0) is 12.4. The minimum atomic E-state index is -1.15. The smallest absolute Gasteiger partial charge is 0.130 e. The van der Waals surface area contributed by atoms with Crippen LogP contribution in [0.5, 0.6) is 0 Å². The van der Waals surface area contributed by atoms with Gasteiger partial charge in [0.25, 0.3) is 0 Å². The molecule has 0 aliphatic heterocycles. The van der Waals surface area contributed by atoms with Gasteiger partial charge >= 0.3 is 0 Å². The van der Waals surface area contributed by atoms with Crippen molar-refractivity contribution in [3.05, 3.63) is 58.5 Å². The summed E-state index contributed by atoms with van der Waals surface area (Å²) in [5.41, 5.74) is 6.11. The zero-order valence-electron chi connectivity index (χ0n) is 8.77. The van der Waals surface area contributed by atoms with Gasteiger partial charge in [0.1, 0.15) is 17.7 Å². The van der Waals surface area contributed by atoms with Crippen LogP contribution in [0.4, 0.5) is 10.2 Å². The summed E-state index contributed by atoms with van der Waals surface area (Å²) in [6.45, 7) is 0. The van der Waals surface area contributed by atoms with Crippen molar-refractivity contribution in [1.29, 1.82) is 0 Å². The van der Waals surface area contributed by atoms with Crippen molar-refractivity contribution in [2.75, 3.05) is 5.73 Å². The summed E-state index contributed by atoms with van der Waals surface area (Å²) in [6.07, 6.45) is 0.352. The summed E-state index contributed by atoms with van der Waals surface area (Å²) < 4.78 is 13.6. The molecule has 0 spiro atoms. The van der Waals surface area contributed by atoms with Crippen molar-refractivity contribution in [3.63, 3.8) is 0 Å². The van der Waals surface area contributed by atoms with Gasteiger partial charge < -0.3 is 10.8 Å². The Morgan fingerprint density at radius 3 is 2.71 bits per heavy atom. The predicted octanol–water partition coefficient (Wildman–Crippen LogP) is 2.54. The van der Waals surface area contributed by atoms with Crippen molar-refractivity contribution in [1.82, 2.24) is 4.98 Å². The third kappa shape index (κ3) is 2.38. The first-order valence-electron chi connectivity index (χ1n) is 4.93. The molecule has 0 saturated carbocycles. The number of nitrogens with two attached hydrogens (primary N) is 1. The lowest BCUT2D eigenvalue weighted by Gasteiger charge is -2.13. The lowest BCUT2D eigenvalue weighted by Crippen LogP contribution is -2.06. The Bertz CT molecular complexity index is 548. The van der Waals surface area contributed by atoms with E-state index in [4.69, 9.17) is 17.3 Å². The molecule has 1 aromatic carbocycles. The van der Waals surface area contributed by atoms with E-state index in [2.05, 4.69) is 4.98 Å². The van der Waals surface area contributed by atoms with Gasteiger partial charge in [-0.1, -0.05) is 23.7 Å². The van der Waals surface area contributed by atoms with E-state index in [-0.39, 0.29) is 16.4 Å². The fraction of sp³-hybridized carbons (Fsp3) is 0.0833. The maximum Gasteiger partial charge on any atom is 0.130 e. The number of hydrogen-bond donors (Lipinski definition) is 2. The number of rotatable bonds is 2. The number of nitrogens with zero attached hydrogens (tertiary/aromatic N) is 1. The summed E-state index contributed by atoms with van der Waals surface area (Å²) in [7, 11) is 0. The van der Waals surface area contributed by atoms with Crippen LogP contribution in [0.15, 0.2) is 36.5 Å². The summed E-state index contributed by atoms with van der Waals surface area (Å²) in [4.78, 5) is 3.84. The largest absolute Gasteiger partial charge is 0.383 e. The summed E-state index contributed by atoms with van der Waals surface area (Å²) in [6, 6.07) is 7.31. The number of aliphatic hydroxyl groups excluding tert-OH is 1. The van der Waals surface area contributed by atoms with E-state index in [0.29, 0.717) is 5.56 Å². The number of aromatic nitrogens is 1. The molecule has 2 rings (SSSR count). The van der Waals surface area contributed by atoms with Crippen LogP contribution in [0, 0.1) is 5.82 Å². The third-order valence-electron chi connectivity index (χ3n) is 2.42. The number of halogens is 2. The Morgan fingerprint density at radius 2 is 2.06 bits per heavy atom. The second-order valence-corrected chi connectivity index (χ2v) is 3.98. The van der Waals surface area contributed by atoms with Crippen LogP contribution in [0.25, 0.3) is 0 Å². The highest BCUT2D eigenvalue weighted by Gasteiger charge is 2.17. The van der Waals surface area contributed by atoms with Gasteiger partial charge in [-0.05, 0) is 18.2 Å². The molecule has 1 unspecified atom stereocenters. The number of anilines is 1. The van der Waals surface area contributed by atoms with Gasteiger partial charge in [-0.3, -0.25) is 0 Å². The first-order chi connectivity index (χ1) is 8.09. The molecular weight excluding hydrogens is 243 g/mol. The van der Waals surface area contributed by atoms with E-state index in [0.717, 1.165) is 6.07 Å². The van der Waals surface area contributed by atoms with E-state index >= 15 is 0 Å². The first-order valence-corrected chi connectivity index (χ1v) is 5.31. The van der Waals surface area contributed by atoms with Crippen molar-refractivity contribution < 1.29 is 9.50 Å². The van der Waals surface area contributed by atoms with Gasteiger partial charge in [0.15, 0.2) is 0 Å². The number of pyridine rings is 1. The SMILES string of the molecule is Nc1ncccc1C(O)c1ccc(Cl)cc1F. The van der Waals surface area contributed by atoms with Gasteiger partial charge in [0, 0.05) is 22.3 Å². The zero-order valence-corrected chi connectivity index (χ0v) is 9.53. The number of benzene rings is 1. The lowest BCUT2D eigenvalue weighted by molar-refractivity contribution is 0.215. The van der Waals surface area contributed by atoms with Crippen molar-refractivity contribution in [2.45, 2.75) is 6.10 Å². The molecule has 0 radical (unpaired) electrons. The molecule has 5 heteroatoms. The molecule has 1 aromatic heterocycles. The second-order valence-electron chi connectivity index (χ2n) is 3.55. The Hall–Kier alpha value is -1.65.